The average molecular weight is 387 g/mol. The van der Waals surface area contributed by atoms with Crippen molar-refractivity contribution in [3.63, 3.8) is 0 Å². The van der Waals surface area contributed by atoms with Crippen molar-refractivity contribution in [3.8, 4) is 5.75 Å². The molecule has 0 atom stereocenters. The molecule has 27 heavy (non-hydrogen) atoms. The number of nitrogens with one attached hydrogen (secondary N) is 1. The van der Waals surface area contributed by atoms with Crippen LogP contribution in [0.2, 0.25) is 0 Å². The number of hydrogen-bond acceptors (Lipinski definition) is 4. The molecule has 142 valence electrons. The predicted octanol–water partition coefficient (Wildman–Crippen LogP) is 4.92. The lowest BCUT2D eigenvalue weighted by Gasteiger charge is -2.12. The summed E-state index contributed by atoms with van der Waals surface area (Å²) in [6.07, 6.45) is 0.230. The summed E-state index contributed by atoms with van der Waals surface area (Å²) in [5, 5.41) is 8.68. The maximum atomic E-state index is 12.5. The van der Waals surface area contributed by atoms with E-state index in [1.54, 1.807) is 6.07 Å². The van der Waals surface area contributed by atoms with E-state index in [0.717, 1.165) is 27.8 Å². The number of alkyl halides is 1. The van der Waals surface area contributed by atoms with Crippen molar-refractivity contribution in [2.24, 2.45) is 0 Å². The van der Waals surface area contributed by atoms with Crippen LogP contribution in [0, 0.1) is 0 Å². The molecule has 2 aromatic carbocycles. The summed E-state index contributed by atoms with van der Waals surface area (Å²) >= 11 is 5.72. The van der Waals surface area contributed by atoms with Gasteiger partial charge in [-0.15, -0.1) is 11.6 Å². The molecule has 0 radical (unpaired) electrons. The van der Waals surface area contributed by atoms with Crippen molar-refractivity contribution in [3.05, 3.63) is 53.8 Å². The number of rotatable bonds is 6. The standard InChI is InChI=1S/C21H23ClN2O3/c1-21(2,3)18-13-19(24-27-18)23-20(25)12-14-8-9-17(26-11-10-22)16-7-5-4-6-15(14)16/h4-9,13H,10-12H2,1-3H3,(H,23,24,25). The second kappa shape index (κ2) is 8.01. The van der Waals surface area contributed by atoms with Crippen LogP contribution in [0.5, 0.6) is 5.75 Å². The van der Waals surface area contributed by atoms with Gasteiger partial charge in [-0.25, -0.2) is 0 Å². The number of halogens is 1. The van der Waals surface area contributed by atoms with Gasteiger partial charge in [0.25, 0.3) is 0 Å². The summed E-state index contributed by atoms with van der Waals surface area (Å²) < 4.78 is 11.0. The summed E-state index contributed by atoms with van der Waals surface area (Å²) in [5.74, 6) is 2.19. The van der Waals surface area contributed by atoms with Gasteiger partial charge in [0, 0.05) is 16.9 Å². The van der Waals surface area contributed by atoms with Gasteiger partial charge < -0.3 is 14.6 Å². The van der Waals surface area contributed by atoms with Crippen LogP contribution in [0.4, 0.5) is 5.82 Å². The van der Waals surface area contributed by atoms with Gasteiger partial charge in [-0.3, -0.25) is 4.79 Å². The minimum absolute atomic E-state index is 0.150. The molecule has 0 fully saturated rings. The van der Waals surface area contributed by atoms with Gasteiger partial charge >= 0.3 is 0 Å². The molecule has 0 aliphatic rings. The first-order valence-corrected chi connectivity index (χ1v) is 9.38. The zero-order valence-electron chi connectivity index (χ0n) is 15.7. The van der Waals surface area contributed by atoms with E-state index in [4.69, 9.17) is 20.9 Å². The third kappa shape index (κ3) is 4.61. The molecule has 0 unspecified atom stereocenters. The molecule has 3 aromatic rings. The first kappa shape index (κ1) is 19.2. The largest absolute Gasteiger partial charge is 0.492 e. The molecule has 5 nitrogen and oxygen atoms in total. The molecule has 1 N–H and O–H groups in total. The Hall–Kier alpha value is -2.53. The van der Waals surface area contributed by atoms with E-state index >= 15 is 0 Å². The summed E-state index contributed by atoms with van der Waals surface area (Å²) in [4.78, 5) is 12.5. The first-order valence-electron chi connectivity index (χ1n) is 8.85. The van der Waals surface area contributed by atoms with Gasteiger partial charge in [-0.1, -0.05) is 56.3 Å². The van der Waals surface area contributed by atoms with Gasteiger partial charge in [0.1, 0.15) is 18.1 Å². The Morgan fingerprint density at radius 2 is 1.93 bits per heavy atom. The number of carbonyl (C=O) groups excluding carboxylic acids is 1. The molecular formula is C21H23ClN2O3. The minimum atomic E-state index is -0.162. The number of hydrogen-bond donors (Lipinski definition) is 1. The van der Waals surface area contributed by atoms with Crippen molar-refractivity contribution >= 4 is 34.1 Å². The zero-order valence-corrected chi connectivity index (χ0v) is 16.5. The van der Waals surface area contributed by atoms with Crippen LogP contribution in [0.25, 0.3) is 10.8 Å². The van der Waals surface area contributed by atoms with Gasteiger partial charge in [0.05, 0.1) is 12.3 Å². The highest BCUT2D eigenvalue weighted by molar-refractivity contribution is 6.18. The predicted molar refractivity (Wildman–Crippen MR) is 108 cm³/mol. The van der Waals surface area contributed by atoms with Gasteiger partial charge in [0.2, 0.25) is 5.91 Å². The third-order valence-corrected chi connectivity index (χ3v) is 4.33. The van der Waals surface area contributed by atoms with Gasteiger partial charge in [-0.05, 0) is 17.0 Å². The molecule has 0 saturated heterocycles. The molecular weight excluding hydrogens is 364 g/mol. The number of nitrogens with zero attached hydrogens (tertiary/aromatic N) is 1. The molecule has 0 aliphatic heterocycles. The second-order valence-corrected chi connectivity index (χ2v) is 7.74. The monoisotopic (exact) mass is 386 g/mol. The van der Waals surface area contributed by atoms with Crippen molar-refractivity contribution in [1.82, 2.24) is 5.16 Å². The molecule has 3 rings (SSSR count). The number of benzene rings is 2. The van der Waals surface area contributed by atoms with Crippen LogP contribution in [-0.2, 0) is 16.6 Å². The lowest BCUT2D eigenvalue weighted by molar-refractivity contribution is -0.115. The Morgan fingerprint density at radius 1 is 1.19 bits per heavy atom. The number of ether oxygens (including phenoxy) is 1. The minimum Gasteiger partial charge on any atom is -0.492 e. The average Bonchev–Trinajstić information content (AvgIpc) is 3.10. The summed E-state index contributed by atoms with van der Waals surface area (Å²) in [6, 6.07) is 13.4. The lowest BCUT2D eigenvalue weighted by Crippen LogP contribution is -2.15. The molecule has 0 aliphatic carbocycles. The number of carbonyl (C=O) groups is 1. The highest BCUT2D eigenvalue weighted by atomic mass is 35.5. The Kier molecular flexibility index (Phi) is 5.71. The van der Waals surface area contributed by atoms with E-state index in [1.165, 1.54) is 0 Å². The van der Waals surface area contributed by atoms with Crippen LogP contribution >= 0.6 is 11.6 Å². The molecule has 6 heteroatoms. The highest BCUT2D eigenvalue weighted by Gasteiger charge is 2.20. The molecule has 1 heterocycles. The quantitative estimate of drug-likeness (QED) is 0.610. The Morgan fingerprint density at radius 3 is 2.59 bits per heavy atom. The Labute approximate surface area is 163 Å². The topological polar surface area (TPSA) is 64.4 Å². The SMILES string of the molecule is CC(C)(C)c1cc(NC(=O)Cc2ccc(OCCCl)c3ccccc23)no1. The maximum absolute atomic E-state index is 12.5. The third-order valence-electron chi connectivity index (χ3n) is 4.18. The van der Waals surface area contributed by atoms with Crippen LogP contribution in [0.15, 0.2) is 47.0 Å². The molecule has 1 aromatic heterocycles. The first-order chi connectivity index (χ1) is 12.9. The molecule has 0 bridgehead atoms. The summed E-state index contributed by atoms with van der Waals surface area (Å²) in [5.41, 5.74) is 0.756. The Balaban J connectivity index is 1.78. The summed E-state index contributed by atoms with van der Waals surface area (Å²) in [6.45, 7) is 6.52. The smallest absolute Gasteiger partial charge is 0.230 e. The summed E-state index contributed by atoms with van der Waals surface area (Å²) in [7, 11) is 0. The van der Waals surface area contributed by atoms with E-state index in [0.29, 0.717) is 18.3 Å². The highest BCUT2D eigenvalue weighted by Crippen LogP contribution is 2.29. The zero-order chi connectivity index (χ0) is 19.4. The molecule has 1 amide bonds. The molecule has 0 saturated carbocycles. The second-order valence-electron chi connectivity index (χ2n) is 7.36. The van der Waals surface area contributed by atoms with E-state index < -0.39 is 0 Å². The fourth-order valence-electron chi connectivity index (χ4n) is 2.81. The van der Waals surface area contributed by atoms with Crippen molar-refractivity contribution in [1.29, 1.82) is 0 Å². The number of aromatic nitrogens is 1. The number of anilines is 1. The Bertz CT molecular complexity index is 944. The van der Waals surface area contributed by atoms with E-state index in [9.17, 15) is 4.79 Å². The van der Waals surface area contributed by atoms with Crippen LogP contribution in [0.3, 0.4) is 0 Å². The van der Waals surface area contributed by atoms with E-state index in [2.05, 4.69) is 10.5 Å². The van der Waals surface area contributed by atoms with E-state index in [1.807, 2.05) is 57.2 Å². The van der Waals surface area contributed by atoms with Crippen molar-refractivity contribution < 1.29 is 14.1 Å². The fraction of sp³-hybridized carbons (Fsp3) is 0.333. The van der Waals surface area contributed by atoms with Crippen LogP contribution < -0.4 is 10.1 Å². The van der Waals surface area contributed by atoms with E-state index in [-0.39, 0.29) is 17.7 Å². The number of fused-ring (bicyclic) bond motifs is 1. The van der Waals surface area contributed by atoms with Crippen LogP contribution in [-0.4, -0.2) is 23.6 Å². The van der Waals surface area contributed by atoms with Crippen molar-refractivity contribution in [2.75, 3.05) is 17.8 Å². The number of amides is 1. The molecule has 0 spiro atoms. The fourth-order valence-corrected chi connectivity index (χ4v) is 2.89. The van der Waals surface area contributed by atoms with Gasteiger partial charge in [0.15, 0.2) is 5.82 Å². The van der Waals surface area contributed by atoms with Crippen molar-refractivity contribution in [2.45, 2.75) is 32.6 Å². The van der Waals surface area contributed by atoms with Gasteiger partial charge in [-0.2, -0.15) is 0 Å². The van der Waals surface area contributed by atoms with Crippen LogP contribution in [0.1, 0.15) is 32.1 Å². The lowest BCUT2D eigenvalue weighted by atomic mass is 9.93. The normalized spacial score (nSPS) is 11.6. The maximum Gasteiger partial charge on any atom is 0.230 e.